The first kappa shape index (κ1) is 9.59. The summed E-state index contributed by atoms with van der Waals surface area (Å²) in [6.07, 6.45) is 2.88. The highest BCUT2D eigenvalue weighted by atomic mass is 15.3. The molecule has 1 aliphatic heterocycles. The number of anilines is 1. The molecule has 0 aromatic carbocycles. The number of hydrogen-bond acceptors (Lipinski definition) is 4. The van der Waals surface area contributed by atoms with Crippen molar-refractivity contribution in [3.8, 4) is 0 Å². The molecule has 1 atom stereocenters. The van der Waals surface area contributed by atoms with Crippen molar-refractivity contribution in [3.63, 3.8) is 0 Å². The minimum absolute atomic E-state index is 0.282. The average molecular weight is 217 g/mol. The number of hydrogen-bond donors (Lipinski definition) is 1. The van der Waals surface area contributed by atoms with Gasteiger partial charge in [0.15, 0.2) is 5.65 Å². The van der Waals surface area contributed by atoms with Crippen molar-refractivity contribution in [1.82, 2.24) is 14.8 Å². The molecule has 1 unspecified atom stereocenters. The normalized spacial score (nSPS) is 20.9. The van der Waals surface area contributed by atoms with Gasteiger partial charge in [0, 0.05) is 31.6 Å². The summed E-state index contributed by atoms with van der Waals surface area (Å²) in [5.74, 6) is 1.00. The second-order valence-electron chi connectivity index (χ2n) is 4.35. The highest BCUT2D eigenvalue weighted by Crippen LogP contribution is 2.20. The molecule has 3 rings (SSSR count). The zero-order chi connectivity index (χ0) is 11.1. The number of nitrogens with two attached hydrogens (primary N) is 1. The van der Waals surface area contributed by atoms with Crippen LogP contribution in [0.1, 0.15) is 6.42 Å². The Labute approximate surface area is 93.9 Å². The third-order valence-corrected chi connectivity index (χ3v) is 3.12. The molecule has 0 radical (unpaired) electrons. The van der Waals surface area contributed by atoms with E-state index in [4.69, 9.17) is 5.73 Å². The molecule has 0 bridgehead atoms. The maximum Gasteiger partial charge on any atom is 0.159 e. The monoisotopic (exact) mass is 217 g/mol. The molecule has 3 heterocycles. The summed E-state index contributed by atoms with van der Waals surface area (Å²) in [7, 11) is 1.91. The van der Waals surface area contributed by atoms with Gasteiger partial charge in [0.1, 0.15) is 5.82 Å². The van der Waals surface area contributed by atoms with Gasteiger partial charge in [-0.05, 0) is 18.6 Å². The van der Waals surface area contributed by atoms with Crippen molar-refractivity contribution < 1.29 is 0 Å². The van der Waals surface area contributed by atoms with Gasteiger partial charge < -0.3 is 10.6 Å². The Morgan fingerprint density at radius 2 is 2.31 bits per heavy atom. The van der Waals surface area contributed by atoms with Crippen molar-refractivity contribution in [1.29, 1.82) is 0 Å². The van der Waals surface area contributed by atoms with Crippen LogP contribution in [-0.2, 0) is 7.05 Å². The zero-order valence-corrected chi connectivity index (χ0v) is 9.30. The number of aromatic nitrogens is 3. The molecule has 2 aromatic heterocycles. The largest absolute Gasteiger partial charge is 0.355 e. The Bertz CT molecular complexity index is 518. The molecule has 5 nitrogen and oxygen atoms in total. The number of nitrogens with zero attached hydrogens (tertiary/aromatic N) is 4. The van der Waals surface area contributed by atoms with Gasteiger partial charge in [0.2, 0.25) is 0 Å². The summed E-state index contributed by atoms with van der Waals surface area (Å²) in [5, 5.41) is 5.27. The predicted molar refractivity (Wildman–Crippen MR) is 63.3 cm³/mol. The summed E-state index contributed by atoms with van der Waals surface area (Å²) >= 11 is 0. The molecule has 2 aromatic rings. The summed E-state index contributed by atoms with van der Waals surface area (Å²) < 4.78 is 1.80. The van der Waals surface area contributed by atoms with Gasteiger partial charge in [-0.3, -0.25) is 4.68 Å². The van der Waals surface area contributed by atoms with Crippen LogP contribution < -0.4 is 10.6 Å². The SMILES string of the molecule is Cn1ncc2ccc(N3CCC(N)C3)nc21. The highest BCUT2D eigenvalue weighted by Gasteiger charge is 2.20. The summed E-state index contributed by atoms with van der Waals surface area (Å²) in [6, 6.07) is 4.39. The smallest absolute Gasteiger partial charge is 0.159 e. The minimum Gasteiger partial charge on any atom is -0.355 e. The van der Waals surface area contributed by atoms with Gasteiger partial charge in [-0.1, -0.05) is 0 Å². The van der Waals surface area contributed by atoms with Crippen LogP contribution in [0.25, 0.3) is 11.0 Å². The molecule has 2 N–H and O–H groups in total. The van der Waals surface area contributed by atoms with Gasteiger partial charge in [-0.15, -0.1) is 0 Å². The first-order valence-corrected chi connectivity index (χ1v) is 5.53. The Kier molecular flexibility index (Phi) is 2.07. The Hall–Kier alpha value is -1.62. The standard InChI is InChI=1S/C11H15N5/c1-15-11-8(6-13-15)2-3-10(14-11)16-5-4-9(12)7-16/h2-3,6,9H,4-5,7,12H2,1H3. The van der Waals surface area contributed by atoms with Gasteiger partial charge in [0.25, 0.3) is 0 Å². The molecule has 1 fully saturated rings. The number of aryl methyl sites for hydroxylation is 1. The molecule has 5 heteroatoms. The van der Waals surface area contributed by atoms with Crippen molar-refractivity contribution >= 4 is 16.9 Å². The van der Waals surface area contributed by atoms with E-state index in [9.17, 15) is 0 Å². The van der Waals surface area contributed by atoms with Gasteiger partial charge in [-0.25, -0.2) is 4.98 Å². The molecule has 0 amide bonds. The van der Waals surface area contributed by atoms with Gasteiger partial charge in [-0.2, -0.15) is 5.10 Å². The van der Waals surface area contributed by atoms with E-state index in [1.54, 1.807) is 4.68 Å². The lowest BCUT2D eigenvalue weighted by Gasteiger charge is -2.16. The first-order chi connectivity index (χ1) is 7.74. The quantitative estimate of drug-likeness (QED) is 0.756. The summed E-state index contributed by atoms with van der Waals surface area (Å²) in [4.78, 5) is 6.86. The minimum atomic E-state index is 0.282. The van der Waals surface area contributed by atoms with Crippen molar-refractivity contribution in [3.05, 3.63) is 18.3 Å². The van der Waals surface area contributed by atoms with Crippen LogP contribution in [0, 0.1) is 0 Å². The van der Waals surface area contributed by atoms with Crippen LogP contribution >= 0.6 is 0 Å². The summed E-state index contributed by atoms with van der Waals surface area (Å²) in [6.45, 7) is 1.90. The van der Waals surface area contributed by atoms with Crippen LogP contribution in [-0.4, -0.2) is 33.9 Å². The van der Waals surface area contributed by atoms with E-state index in [1.165, 1.54) is 0 Å². The van der Waals surface area contributed by atoms with Gasteiger partial charge >= 0.3 is 0 Å². The van der Waals surface area contributed by atoms with Crippen molar-refractivity contribution in [2.75, 3.05) is 18.0 Å². The average Bonchev–Trinajstić information content (AvgIpc) is 2.86. The third kappa shape index (κ3) is 1.44. The number of rotatable bonds is 1. The molecular formula is C11H15N5. The summed E-state index contributed by atoms with van der Waals surface area (Å²) in [5.41, 5.74) is 6.83. The van der Waals surface area contributed by atoms with E-state index in [-0.39, 0.29) is 6.04 Å². The van der Waals surface area contributed by atoms with Crippen LogP contribution in [0.5, 0.6) is 0 Å². The van der Waals surface area contributed by atoms with E-state index in [0.717, 1.165) is 36.4 Å². The molecule has 0 spiro atoms. The second kappa shape index (κ2) is 3.45. The Balaban J connectivity index is 2.01. The van der Waals surface area contributed by atoms with Crippen LogP contribution in [0.4, 0.5) is 5.82 Å². The molecule has 0 aliphatic carbocycles. The zero-order valence-electron chi connectivity index (χ0n) is 9.30. The molecular weight excluding hydrogens is 202 g/mol. The van der Waals surface area contributed by atoms with Crippen LogP contribution in [0.15, 0.2) is 18.3 Å². The molecule has 1 saturated heterocycles. The van der Waals surface area contributed by atoms with Crippen molar-refractivity contribution in [2.45, 2.75) is 12.5 Å². The van der Waals surface area contributed by atoms with Crippen LogP contribution in [0.3, 0.4) is 0 Å². The maximum atomic E-state index is 5.90. The fourth-order valence-electron chi connectivity index (χ4n) is 2.18. The molecule has 0 saturated carbocycles. The molecule has 16 heavy (non-hydrogen) atoms. The Morgan fingerprint density at radius 3 is 3.06 bits per heavy atom. The lowest BCUT2D eigenvalue weighted by molar-refractivity contribution is 0.751. The molecule has 1 aliphatic rings. The topological polar surface area (TPSA) is 60.0 Å². The van der Waals surface area contributed by atoms with E-state index in [1.807, 2.05) is 19.3 Å². The van der Waals surface area contributed by atoms with E-state index in [2.05, 4.69) is 21.0 Å². The predicted octanol–water partition coefficient (Wildman–Crippen LogP) is 0.506. The second-order valence-corrected chi connectivity index (χ2v) is 4.35. The molecule has 84 valence electrons. The lowest BCUT2D eigenvalue weighted by atomic mass is 10.3. The number of pyridine rings is 1. The Morgan fingerprint density at radius 1 is 1.44 bits per heavy atom. The van der Waals surface area contributed by atoms with E-state index in [0.29, 0.717) is 0 Å². The van der Waals surface area contributed by atoms with Crippen LogP contribution in [0.2, 0.25) is 0 Å². The highest BCUT2D eigenvalue weighted by molar-refractivity contribution is 5.76. The fourth-order valence-corrected chi connectivity index (χ4v) is 2.18. The van der Waals surface area contributed by atoms with Crippen molar-refractivity contribution in [2.24, 2.45) is 12.8 Å². The van der Waals surface area contributed by atoms with E-state index < -0.39 is 0 Å². The maximum absolute atomic E-state index is 5.90. The third-order valence-electron chi connectivity index (χ3n) is 3.12. The van der Waals surface area contributed by atoms with E-state index >= 15 is 0 Å². The van der Waals surface area contributed by atoms with Gasteiger partial charge in [0.05, 0.1) is 6.20 Å². The first-order valence-electron chi connectivity index (χ1n) is 5.53. The fraction of sp³-hybridized carbons (Fsp3) is 0.455. The number of fused-ring (bicyclic) bond motifs is 1. The lowest BCUT2D eigenvalue weighted by Crippen LogP contribution is -2.26.